The molecule has 1 aromatic heterocycles. The fourth-order valence-corrected chi connectivity index (χ4v) is 3.75. The van der Waals surface area contributed by atoms with E-state index in [1.807, 2.05) is 22.6 Å². The number of halogens is 2. The molecule has 0 saturated carbocycles. The number of nitrogens with zero attached hydrogens (tertiary/aromatic N) is 1. The Morgan fingerprint density at radius 1 is 1.39 bits per heavy atom. The van der Waals surface area contributed by atoms with E-state index in [-0.39, 0.29) is 30.2 Å². The van der Waals surface area contributed by atoms with E-state index < -0.39 is 11.7 Å². The number of carbonyl (C=O) groups excluding carboxylic acids is 2. The maximum Gasteiger partial charge on any atom is 0.278 e. The Morgan fingerprint density at radius 3 is 2.89 bits per heavy atom. The van der Waals surface area contributed by atoms with E-state index in [0.717, 1.165) is 3.57 Å². The van der Waals surface area contributed by atoms with Crippen LogP contribution in [0.3, 0.4) is 0 Å². The molecule has 9 heteroatoms. The second-order valence-corrected chi connectivity index (χ2v) is 7.74. The topological polar surface area (TPSA) is 92.6 Å². The summed E-state index contributed by atoms with van der Waals surface area (Å²) in [5.41, 5.74) is 3.93. The van der Waals surface area contributed by atoms with Gasteiger partial charge in [0.05, 0.1) is 23.6 Å². The van der Waals surface area contributed by atoms with Crippen molar-refractivity contribution in [2.75, 3.05) is 18.5 Å². The summed E-state index contributed by atoms with van der Waals surface area (Å²) in [5, 5.41) is 11.8. The summed E-state index contributed by atoms with van der Waals surface area (Å²) in [7, 11) is 1.68. The van der Waals surface area contributed by atoms with Gasteiger partial charge in [-0.05, 0) is 65.6 Å². The van der Waals surface area contributed by atoms with Crippen molar-refractivity contribution in [3.63, 3.8) is 0 Å². The first-order chi connectivity index (χ1) is 13.4. The van der Waals surface area contributed by atoms with Gasteiger partial charge in [0.25, 0.3) is 5.91 Å². The van der Waals surface area contributed by atoms with Gasteiger partial charge in [-0.25, -0.2) is 9.87 Å². The molecule has 7 nitrogen and oxygen atoms in total. The second kappa shape index (κ2) is 9.01. The molecule has 1 amide bonds. The molecule has 1 heterocycles. The molecule has 0 unspecified atom stereocenters. The van der Waals surface area contributed by atoms with Gasteiger partial charge in [0, 0.05) is 23.6 Å². The van der Waals surface area contributed by atoms with Crippen molar-refractivity contribution >= 4 is 45.8 Å². The van der Waals surface area contributed by atoms with E-state index in [9.17, 15) is 14.0 Å². The van der Waals surface area contributed by atoms with Crippen molar-refractivity contribution in [2.45, 2.75) is 25.7 Å². The highest BCUT2D eigenvalue weighted by Crippen LogP contribution is 2.35. The molecule has 2 aromatic rings. The number of carbonyl (C=O) groups is 2. The van der Waals surface area contributed by atoms with Crippen LogP contribution in [0.5, 0.6) is 0 Å². The first-order valence-corrected chi connectivity index (χ1v) is 10.0. The van der Waals surface area contributed by atoms with Crippen LogP contribution in [0.2, 0.25) is 0 Å². The number of hydrogen-bond donors (Lipinski definition) is 3. The summed E-state index contributed by atoms with van der Waals surface area (Å²) in [6.45, 7) is 0.106. The lowest BCUT2D eigenvalue weighted by molar-refractivity contribution is 0.0262. The van der Waals surface area contributed by atoms with Crippen LogP contribution in [0.15, 0.2) is 18.2 Å². The minimum Gasteiger partial charge on any atom is -0.396 e. The Balaban J connectivity index is 2.00. The number of benzene rings is 1. The van der Waals surface area contributed by atoms with Gasteiger partial charge in [-0.3, -0.25) is 14.4 Å². The quantitative estimate of drug-likeness (QED) is 0.308. The minimum absolute atomic E-state index is 0.0462. The number of amides is 1. The van der Waals surface area contributed by atoms with Crippen molar-refractivity contribution in [3.8, 4) is 0 Å². The highest BCUT2D eigenvalue weighted by molar-refractivity contribution is 14.1. The van der Waals surface area contributed by atoms with E-state index in [1.54, 1.807) is 23.7 Å². The van der Waals surface area contributed by atoms with Crippen molar-refractivity contribution < 1.29 is 23.9 Å². The molecule has 0 bridgehead atoms. The lowest BCUT2D eigenvalue weighted by Crippen LogP contribution is -2.26. The molecule has 0 radical (unpaired) electrons. The van der Waals surface area contributed by atoms with Gasteiger partial charge in [-0.2, -0.15) is 0 Å². The average Bonchev–Trinajstić information content (AvgIpc) is 2.94. The predicted molar refractivity (Wildman–Crippen MR) is 110 cm³/mol. The van der Waals surface area contributed by atoms with E-state index in [1.165, 1.54) is 6.07 Å². The summed E-state index contributed by atoms with van der Waals surface area (Å²) < 4.78 is 16.7. The number of hydrogen-bond acceptors (Lipinski definition) is 5. The van der Waals surface area contributed by atoms with Crippen molar-refractivity contribution in [2.24, 2.45) is 7.05 Å². The molecular formula is C19H21FIN3O4. The summed E-state index contributed by atoms with van der Waals surface area (Å²) >= 11 is 2.02. The van der Waals surface area contributed by atoms with Crippen LogP contribution in [0.4, 0.5) is 15.9 Å². The molecule has 1 aliphatic carbocycles. The molecular weight excluding hydrogens is 480 g/mol. The maximum absolute atomic E-state index is 14.4. The zero-order valence-electron chi connectivity index (χ0n) is 15.3. The van der Waals surface area contributed by atoms with Crippen molar-refractivity contribution in [3.05, 3.63) is 44.4 Å². The van der Waals surface area contributed by atoms with Crippen LogP contribution in [0.1, 0.15) is 45.7 Å². The number of Topliss-reactive ketones (excluding diaryl/α,β-unsaturated/α-hetero) is 1. The predicted octanol–water partition coefficient (Wildman–Crippen LogP) is 3.08. The minimum atomic E-state index is -0.516. The smallest absolute Gasteiger partial charge is 0.278 e. The Hall–Kier alpha value is -1.98. The van der Waals surface area contributed by atoms with Crippen molar-refractivity contribution in [1.82, 2.24) is 10.0 Å². The zero-order chi connectivity index (χ0) is 20.3. The molecule has 1 aliphatic rings. The lowest BCUT2D eigenvalue weighted by Gasteiger charge is -2.13. The molecule has 0 saturated heterocycles. The number of hydroxylamine groups is 1. The fourth-order valence-electron chi connectivity index (χ4n) is 3.30. The summed E-state index contributed by atoms with van der Waals surface area (Å²) in [4.78, 5) is 30.3. The van der Waals surface area contributed by atoms with Gasteiger partial charge < -0.3 is 15.0 Å². The van der Waals surface area contributed by atoms with Crippen molar-refractivity contribution in [1.29, 1.82) is 0 Å². The van der Waals surface area contributed by atoms with Crippen LogP contribution in [-0.4, -0.2) is 34.6 Å². The summed E-state index contributed by atoms with van der Waals surface area (Å²) in [6.07, 6.45) is 2.02. The largest absolute Gasteiger partial charge is 0.396 e. The lowest BCUT2D eigenvalue weighted by atomic mass is 9.93. The number of rotatable bonds is 7. The highest BCUT2D eigenvalue weighted by atomic mass is 127. The SMILES string of the molecule is Cn1c(Nc2ccc(I)cc2F)c(C(=O)NOCCCO)c2c1C(=O)CCC2. The second-order valence-electron chi connectivity index (χ2n) is 6.49. The van der Waals surface area contributed by atoms with E-state index in [0.29, 0.717) is 42.8 Å². The maximum atomic E-state index is 14.4. The third-order valence-electron chi connectivity index (χ3n) is 4.57. The summed E-state index contributed by atoms with van der Waals surface area (Å²) in [5.74, 6) is -0.681. The third-order valence-corrected chi connectivity index (χ3v) is 5.24. The Kier molecular flexibility index (Phi) is 6.68. The van der Waals surface area contributed by atoms with Crippen LogP contribution in [0.25, 0.3) is 0 Å². The van der Waals surface area contributed by atoms with Gasteiger partial charge in [0.15, 0.2) is 5.78 Å². The standard InChI is InChI=1S/C19H21FIN3O4/c1-24-17-12(4-2-5-15(17)26)16(19(27)23-28-9-3-8-25)18(24)22-14-7-6-11(21)10-13(14)20/h6-7,10,22,25H,2-5,8-9H2,1H3,(H,23,27). The molecule has 0 aliphatic heterocycles. The molecule has 0 atom stereocenters. The van der Waals surface area contributed by atoms with E-state index >= 15 is 0 Å². The number of anilines is 2. The molecule has 3 rings (SSSR count). The number of aliphatic hydroxyl groups excluding tert-OH is 1. The molecule has 28 heavy (non-hydrogen) atoms. The molecule has 150 valence electrons. The van der Waals surface area contributed by atoms with Gasteiger partial charge in [-0.15, -0.1) is 0 Å². The highest BCUT2D eigenvalue weighted by Gasteiger charge is 2.32. The number of aliphatic hydroxyl groups is 1. The van der Waals surface area contributed by atoms with E-state index in [2.05, 4.69) is 10.8 Å². The molecule has 0 spiro atoms. The number of ketones is 1. The Morgan fingerprint density at radius 2 is 2.18 bits per heavy atom. The number of nitrogens with one attached hydrogen (secondary N) is 2. The van der Waals surface area contributed by atoms with Crippen LogP contribution in [0, 0.1) is 9.39 Å². The zero-order valence-corrected chi connectivity index (χ0v) is 17.5. The first-order valence-electron chi connectivity index (χ1n) is 8.93. The van der Waals surface area contributed by atoms with Gasteiger partial charge in [0.1, 0.15) is 11.6 Å². The fraction of sp³-hybridized carbons (Fsp3) is 0.368. The van der Waals surface area contributed by atoms with Crippen LogP contribution < -0.4 is 10.8 Å². The molecule has 1 aromatic carbocycles. The Labute approximate surface area is 175 Å². The van der Waals surface area contributed by atoms with E-state index in [4.69, 9.17) is 9.94 Å². The van der Waals surface area contributed by atoms with Gasteiger partial charge in [0.2, 0.25) is 0 Å². The Bertz CT molecular complexity index is 913. The first kappa shape index (κ1) is 20.7. The molecule has 0 fully saturated rings. The normalized spacial score (nSPS) is 13.4. The monoisotopic (exact) mass is 501 g/mol. The van der Waals surface area contributed by atoms with Crippen LogP contribution >= 0.6 is 22.6 Å². The van der Waals surface area contributed by atoms with Crippen LogP contribution in [-0.2, 0) is 18.3 Å². The molecule has 3 N–H and O–H groups in total. The summed E-state index contributed by atoms with van der Waals surface area (Å²) in [6, 6.07) is 4.72. The average molecular weight is 501 g/mol. The third kappa shape index (κ3) is 4.20. The van der Waals surface area contributed by atoms with Gasteiger partial charge >= 0.3 is 0 Å². The number of fused-ring (bicyclic) bond motifs is 1. The number of aromatic nitrogens is 1. The van der Waals surface area contributed by atoms with Gasteiger partial charge in [-0.1, -0.05) is 0 Å².